The van der Waals surface area contributed by atoms with Crippen molar-refractivity contribution in [2.75, 3.05) is 5.32 Å². The molecule has 0 bridgehead atoms. The Kier molecular flexibility index (Phi) is 4.79. The van der Waals surface area contributed by atoms with Crippen LogP contribution in [0.4, 0.5) is 5.69 Å². The summed E-state index contributed by atoms with van der Waals surface area (Å²) in [4.78, 5) is 21.5. The van der Waals surface area contributed by atoms with Gasteiger partial charge in [-0.25, -0.2) is 0 Å². The molecule has 0 aliphatic heterocycles. The molecule has 1 aromatic rings. The van der Waals surface area contributed by atoms with E-state index in [2.05, 4.69) is 5.32 Å². The summed E-state index contributed by atoms with van der Waals surface area (Å²) in [6.45, 7) is 0. The molecule has 1 amide bonds. The lowest BCUT2D eigenvalue weighted by atomic mass is 10.2. The number of rotatable bonds is 5. The monoisotopic (exact) mass is 240 g/mol. The second-order valence-electron chi connectivity index (χ2n) is 3.28. The van der Waals surface area contributed by atoms with Crippen molar-refractivity contribution in [3.05, 3.63) is 29.3 Å². The second kappa shape index (κ2) is 6.12. The van der Waals surface area contributed by atoms with E-state index in [9.17, 15) is 14.7 Å². The Morgan fingerprint density at radius 1 is 1.31 bits per heavy atom. The zero-order chi connectivity index (χ0) is 12.0. The van der Waals surface area contributed by atoms with E-state index < -0.39 is 5.97 Å². The first-order chi connectivity index (χ1) is 7.58. The number of aliphatic carboxylic acids is 1. The minimum Gasteiger partial charge on any atom is -0.550 e. The number of carbonyl (C=O) groups excluding carboxylic acids is 2. The quantitative estimate of drug-likeness (QED) is 0.841. The average molecular weight is 241 g/mol. The summed E-state index contributed by atoms with van der Waals surface area (Å²) in [6.07, 6.45) is 0.318. The highest BCUT2D eigenvalue weighted by atomic mass is 35.5. The number of anilines is 1. The van der Waals surface area contributed by atoms with Crippen LogP contribution in [0.3, 0.4) is 0 Å². The van der Waals surface area contributed by atoms with Gasteiger partial charge in [0.15, 0.2) is 0 Å². The summed E-state index contributed by atoms with van der Waals surface area (Å²) in [5.41, 5.74) is 0.603. The summed E-state index contributed by atoms with van der Waals surface area (Å²) in [5, 5.41) is 13.3. The predicted molar refractivity (Wildman–Crippen MR) is 58.9 cm³/mol. The third-order valence-corrected chi connectivity index (χ3v) is 2.13. The lowest BCUT2D eigenvalue weighted by molar-refractivity contribution is -0.305. The summed E-state index contributed by atoms with van der Waals surface area (Å²) in [7, 11) is 0. The van der Waals surface area contributed by atoms with Crippen molar-refractivity contribution in [2.45, 2.75) is 19.3 Å². The zero-order valence-electron chi connectivity index (χ0n) is 8.53. The largest absolute Gasteiger partial charge is 0.550 e. The highest BCUT2D eigenvalue weighted by molar-refractivity contribution is 6.30. The highest BCUT2D eigenvalue weighted by Gasteiger charge is 2.02. The second-order valence-corrected chi connectivity index (χ2v) is 3.72. The van der Waals surface area contributed by atoms with Crippen molar-refractivity contribution in [2.24, 2.45) is 0 Å². The van der Waals surface area contributed by atoms with Crippen LogP contribution in [-0.2, 0) is 9.59 Å². The molecule has 4 nitrogen and oxygen atoms in total. The third kappa shape index (κ3) is 4.79. The number of nitrogens with one attached hydrogen (secondary N) is 1. The summed E-state index contributed by atoms with van der Waals surface area (Å²) in [5.74, 6) is -1.38. The van der Waals surface area contributed by atoms with Gasteiger partial charge in [-0.1, -0.05) is 17.7 Å². The van der Waals surface area contributed by atoms with Crippen molar-refractivity contribution in [1.29, 1.82) is 0 Å². The van der Waals surface area contributed by atoms with Crippen LogP contribution in [0.2, 0.25) is 5.02 Å². The van der Waals surface area contributed by atoms with E-state index in [1.54, 1.807) is 24.3 Å². The Balaban J connectivity index is 2.37. The van der Waals surface area contributed by atoms with Crippen molar-refractivity contribution in [3.63, 3.8) is 0 Å². The average Bonchev–Trinajstić information content (AvgIpc) is 2.16. The molecule has 1 N–H and O–H groups in total. The van der Waals surface area contributed by atoms with E-state index in [4.69, 9.17) is 11.6 Å². The molecule has 1 aromatic carbocycles. The summed E-state index contributed by atoms with van der Waals surface area (Å²) < 4.78 is 0. The number of halogens is 1. The first-order valence-electron chi connectivity index (χ1n) is 4.83. The van der Waals surface area contributed by atoms with Gasteiger partial charge in [-0.3, -0.25) is 4.79 Å². The molecule has 0 aromatic heterocycles. The van der Waals surface area contributed by atoms with Gasteiger partial charge in [0.1, 0.15) is 0 Å². The molecule has 0 saturated carbocycles. The fraction of sp³-hybridized carbons (Fsp3) is 0.273. The smallest absolute Gasteiger partial charge is 0.224 e. The van der Waals surface area contributed by atoms with Gasteiger partial charge in [0.2, 0.25) is 5.91 Å². The number of hydrogen-bond donors (Lipinski definition) is 1. The van der Waals surface area contributed by atoms with Gasteiger partial charge < -0.3 is 15.2 Å². The molecule has 5 heteroatoms. The van der Waals surface area contributed by atoms with Gasteiger partial charge in [0.25, 0.3) is 0 Å². The molecule has 86 valence electrons. The van der Waals surface area contributed by atoms with Gasteiger partial charge in [0.05, 0.1) is 0 Å². The molecular weight excluding hydrogens is 230 g/mol. The van der Waals surface area contributed by atoms with Gasteiger partial charge in [-0.05, 0) is 31.0 Å². The molecule has 0 spiro atoms. The molecular formula is C11H11ClNO3-. The number of carboxylic acid groups (broad SMARTS) is 1. The summed E-state index contributed by atoms with van der Waals surface area (Å²) >= 11 is 5.74. The number of carboxylic acids is 1. The fourth-order valence-corrected chi connectivity index (χ4v) is 1.37. The first-order valence-corrected chi connectivity index (χ1v) is 5.21. The van der Waals surface area contributed by atoms with Crippen LogP contribution in [0, 0.1) is 0 Å². The molecule has 0 atom stereocenters. The van der Waals surface area contributed by atoms with Crippen LogP contribution in [0.5, 0.6) is 0 Å². The molecule has 0 aliphatic carbocycles. The molecule has 0 unspecified atom stereocenters. The van der Waals surface area contributed by atoms with Crippen LogP contribution >= 0.6 is 11.6 Å². The lowest BCUT2D eigenvalue weighted by Crippen LogP contribution is -2.22. The summed E-state index contributed by atoms with van der Waals surface area (Å²) in [6, 6.07) is 6.76. The Morgan fingerprint density at radius 2 is 2.06 bits per heavy atom. The minimum absolute atomic E-state index is 0.108. The Morgan fingerprint density at radius 3 is 2.69 bits per heavy atom. The third-order valence-electron chi connectivity index (χ3n) is 1.89. The maximum atomic E-state index is 11.3. The fourth-order valence-electron chi connectivity index (χ4n) is 1.18. The Hall–Kier alpha value is -1.55. The molecule has 1 rings (SSSR count). The van der Waals surface area contributed by atoms with Gasteiger partial charge in [-0.15, -0.1) is 0 Å². The molecule has 0 radical (unpaired) electrons. The van der Waals surface area contributed by atoms with Crippen molar-refractivity contribution >= 4 is 29.2 Å². The predicted octanol–water partition coefficient (Wildman–Crippen LogP) is 1.20. The van der Waals surface area contributed by atoms with E-state index in [1.165, 1.54) is 0 Å². The Labute approximate surface area is 98.2 Å². The normalized spacial score (nSPS) is 9.81. The van der Waals surface area contributed by atoms with E-state index >= 15 is 0 Å². The molecule has 0 aliphatic rings. The lowest BCUT2D eigenvalue weighted by Gasteiger charge is -2.05. The number of benzene rings is 1. The Bertz CT molecular complexity index is 393. The highest BCUT2D eigenvalue weighted by Crippen LogP contribution is 2.15. The van der Waals surface area contributed by atoms with Crippen molar-refractivity contribution < 1.29 is 14.7 Å². The standard InChI is InChI=1S/C11H12ClNO3/c12-8-3-1-4-9(7-8)13-10(14)5-2-6-11(15)16/h1,3-4,7H,2,5-6H2,(H,13,14)(H,15,16)/p-1. The van der Waals surface area contributed by atoms with E-state index in [0.717, 1.165) is 0 Å². The molecule has 0 fully saturated rings. The number of carbonyl (C=O) groups is 2. The van der Waals surface area contributed by atoms with E-state index in [-0.39, 0.29) is 25.2 Å². The van der Waals surface area contributed by atoms with Crippen LogP contribution in [-0.4, -0.2) is 11.9 Å². The van der Waals surface area contributed by atoms with Crippen LogP contribution in [0.1, 0.15) is 19.3 Å². The van der Waals surface area contributed by atoms with E-state index in [0.29, 0.717) is 10.7 Å². The van der Waals surface area contributed by atoms with Gasteiger partial charge in [0, 0.05) is 23.1 Å². The maximum Gasteiger partial charge on any atom is 0.224 e. The van der Waals surface area contributed by atoms with Crippen molar-refractivity contribution in [1.82, 2.24) is 0 Å². The topological polar surface area (TPSA) is 69.2 Å². The van der Waals surface area contributed by atoms with Gasteiger partial charge >= 0.3 is 0 Å². The minimum atomic E-state index is -1.14. The molecule has 0 saturated heterocycles. The van der Waals surface area contributed by atoms with E-state index in [1.807, 2.05) is 0 Å². The number of hydrogen-bond acceptors (Lipinski definition) is 3. The van der Waals surface area contributed by atoms with Crippen LogP contribution in [0.15, 0.2) is 24.3 Å². The van der Waals surface area contributed by atoms with Crippen LogP contribution in [0.25, 0.3) is 0 Å². The molecule has 16 heavy (non-hydrogen) atoms. The van der Waals surface area contributed by atoms with Crippen LogP contribution < -0.4 is 10.4 Å². The zero-order valence-corrected chi connectivity index (χ0v) is 9.29. The SMILES string of the molecule is O=C([O-])CCCC(=O)Nc1cccc(Cl)c1. The maximum absolute atomic E-state index is 11.3. The first kappa shape index (κ1) is 12.5. The number of amides is 1. The van der Waals surface area contributed by atoms with Crippen molar-refractivity contribution in [3.8, 4) is 0 Å². The molecule has 0 heterocycles. The van der Waals surface area contributed by atoms with Gasteiger partial charge in [-0.2, -0.15) is 0 Å².